The molecular weight excluding hydrogens is 210 g/mol. The number of rotatable bonds is 3. The number of Topliss-reactive ketones (excluding diaryl/α,β-unsaturated/α-hetero) is 1. The summed E-state index contributed by atoms with van der Waals surface area (Å²) in [6.45, 7) is 5.58. The number of ketones is 1. The smallest absolute Gasteiger partial charge is 0.168 e. The van der Waals surface area contributed by atoms with Crippen LogP contribution in [-0.2, 0) is 0 Å². The molecule has 0 fully saturated rings. The molecule has 0 saturated carbocycles. The molecule has 1 aromatic carbocycles. The molecule has 0 spiro atoms. The zero-order valence-electron chi connectivity index (χ0n) is 9.25. The van der Waals surface area contributed by atoms with Crippen molar-refractivity contribution in [2.24, 2.45) is 11.7 Å². The lowest BCUT2D eigenvalue weighted by atomic mass is 9.93. The number of hydrogen-bond acceptors (Lipinski definition) is 2. The number of halogens is 1. The average molecular weight is 226 g/mol. The van der Waals surface area contributed by atoms with Crippen molar-refractivity contribution in [1.29, 1.82) is 0 Å². The van der Waals surface area contributed by atoms with Gasteiger partial charge in [0.05, 0.1) is 5.02 Å². The van der Waals surface area contributed by atoms with Crippen LogP contribution < -0.4 is 5.73 Å². The molecule has 0 saturated heterocycles. The minimum absolute atomic E-state index is 0.0127. The molecule has 82 valence electrons. The van der Waals surface area contributed by atoms with Crippen molar-refractivity contribution < 1.29 is 4.79 Å². The van der Waals surface area contributed by atoms with Crippen LogP contribution in [0.2, 0.25) is 5.02 Å². The van der Waals surface area contributed by atoms with Gasteiger partial charge in [-0.05, 0) is 26.0 Å². The molecule has 0 heterocycles. The molecule has 0 amide bonds. The summed E-state index contributed by atoms with van der Waals surface area (Å²) in [6, 6.07) is 5.28. The Labute approximate surface area is 95.4 Å². The third kappa shape index (κ3) is 2.80. The third-order valence-electron chi connectivity index (χ3n) is 2.59. The molecule has 0 aromatic heterocycles. The van der Waals surface area contributed by atoms with Gasteiger partial charge in [0.1, 0.15) is 0 Å². The van der Waals surface area contributed by atoms with Gasteiger partial charge in [-0.2, -0.15) is 0 Å². The van der Waals surface area contributed by atoms with E-state index in [1.807, 2.05) is 32.9 Å². The van der Waals surface area contributed by atoms with Gasteiger partial charge in [0.15, 0.2) is 5.78 Å². The number of aryl methyl sites for hydroxylation is 1. The summed E-state index contributed by atoms with van der Waals surface area (Å²) in [4.78, 5) is 12.0. The summed E-state index contributed by atoms with van der Waals surface area (Å²) in [5, 5.41) is 0.498. The fraction of sp³-hybridized carbons (Fsp3) is 0.417. The van der Waals surface area contributed by atoms with Crippen molar-refractivity contribution in [2.75, 3.05) is 0 Å². The Morgan fingerprint density at radius 2 is 2.00 bits per heavy atom. The summed E-state index contributed by atoms with van der Waals surface area (Å²) in [6.07, 6.45) is 0. The maximum Gasteiger partial charge on any atom is 0.168 e. The van der Waals surface area contributed by atoms with Gasteiger partial charge in [0.25, 0.3) is 0 Å². The Morgan fingerprint density at radius 3 is 2.53 bits per heavy atom. The molecule has 1 rings (SSSR count). The van der Waals surface area contributed by atoms with Crippen LogP contribution >= 0.6 is 11.6 Å². The van der Waals surface area contributed by atoms with Gasteiger partial charge < -0.3 is 5.73 Å². The molecule has 3 heteroatoms. The molecule has 2 N–H and O–H groups in total. The van der Waals surface area contributed by atoms with E-state index in [2.05, 4.69) is 0 Å². The molecule has 2 unspecified atom stereocenters. The molecule has 0 aliphatic carbocycles. The fourth-order valence-corrected chi connectivity index (χ4v) is 1.52. The Bertz CT molecular complexity index is 374. The third-order valence-corrected chi connectivity index (χ3v) is 2.92. The van der Waals surface area contributed by atoms with Gasteiger partial charge in [0.2, 0.25) is 0 Å². The molecule has 2 nitrogen and oxygen atoms in total. The molecule has 2 atom stereocenters. The second-order valence-electron chi connectivity index (χ2n) is 4.00. The highest BCUT2D eigenvalue weighted by Crippen LogP contribution is 2.21. The van der Waals surface area contributed by atoms with Gasteiger partial charge in [-0.1, -0.05) is 30.2 Å². The van der Waals surface area contributed by atoms with Gasteiger partial charge >= 0.3 is 0 Å². The van der Waals surface area contributed by atoms with Crippen LogP contribution in [0.1, 0.15) is 29.8 Å². The summed E-state index contributed by atoms with van der Waals surface area (Å²) >= 11 is 5.98. The standard InChI is InChI=1S/C12H16ClNO/c1-7-4-5-11(13)10(6-7)12(15)8(2)9(3)14/h4-6,8-9H,14H2,1-3H3. The highest BCUT2D eigenvalue weighted by Gasteiger charge is 2.20. The van der Waals surface area contributed by atoms with Crippen LogP contribution in [0.5, 0.6) is 0 Å². The summed E-state index contributed by atoms with van der Waals surface area (Å²) in [5.74, 6) is -0.192. The van der Waals surface area contributed by atoms with Gasteiger partial charge in [-0.25, -0.2) is 0 Å². The maximum absolute atomic E-state index is 12.0. The van der Waals surface area contributed by atoms with E-state index < -0.39 is 0 Å². The van der Waals surface area contributed by atoms with Crippen LogP contribution in [0.15, 0.2) is 18.2 Å². The summed E-state index contributed by atoms with van der Waals surface area (Å²) in [5.41, 5.74) is 7.30. The van der Waals surface area contributed by atoms with E-state index in [1.165, 1.54) is 0 Å². The minimum Gasteiger partial charge on any atom is -0.327 e. The number of nitrogens with two attached hydrogens (primary N) is 1. The second kappa shape index (κ2) is 4.77. The fourth-order valence-electron chi connectivity index (χ4n) is 1.31. The van der Waals surface area contributed by atoms with E-state index in [9.17, 15) is 4.79 Å². The SMILES string of the molecule is Cc1ccc(Cl)c(C(=O)C(C)C(C)N)c1. The molecule has 1 aromatic rings. The Kier molecular flexibility index (Phi) is 3.89. The first-order valence-corrected chi connectivity index (χ1v) is 5.37. The highest BCUT2D eigenvalue weighted by atomic mass is 35.5. The Balaban J connectivity index is 3.05. The lowest BCUT2D eigenvalue weighted by Gasteiger charge is -2.15. The molecule has 0 aliphatic heterocycles. The van der Waals surface area contributed by atoms with Crippen molar-refractivity contribution in [3.05, 3.63) is 34.3 Å². The quantitative estimate of drug-likeness (QED) is 0.804. The van der Waals surface area contributed by atoms with E-state index in [1.54, 1.807) is 6.07 Å². The average Bonchev–Trinajstić information content (AvgIpc) is 2.19. The van der Waals surface area contributed by atoms with Crippen molar-refractivity contribution in [3.8, 4) is 0 Å². The monoisotopic (exact) mass is 225 g/mol. The van der Waals surface area contributed by atoms with E-state index >= 15 is 0 Å². The van der Waals surface area contributed by atoms with E-state index in [0.717, 1.165) is 5.56 Å². The van der Waals surface area contributed by atoms with Gasteiger partial charge in [-0.3, -0.25) is 4.79 Å². The molecular formula is C12H16ClNO. The predicted octanol–water partition coefficient (Wildman–Crippen LogP) is 2.81. The lowest BCUT2D eigenvalue weighted by molar-refractivity contribution is 0.0917. The molecule has 0 bridgehead atoms. The predicted molar refractivity (Wildman–Crippen MR) is 63.3 cm³/mol. The topological polar surface area (TPSA) is 43.1 Å². The molecule has 15 heavy (non-hydrogen) atoms. The number of hydrogen-bond donors (Lipinski definition) is 1. The molecule has 0 aliphatic rings. The zero-order chi connectivity index (χ0) is 11.6. The normalized spacial score (nSPS) is 14.7. The Hall–Kier alpha value is -0.860. The summed E-state index contributed by atoms with van der Waals surface area (Å²) < 4.78 is 0. The highest BCUT2D eigenvalue weighted by molar-refractivity contribution is 6.34. The van der Waals surface area contributed by atoms with E-state index in [0.29, 0.717) is 10.6 Å². The lowest BCUT2D eigenvalue weighted by Crippen LogP contribution is -2.30. The largest absolute Gasteiger partial charge is 0.327 e. The van der Waals surface area contributed by atoms with Crippen LogP contribution in [-0.4, -0.2) is 11.8 Å². The van der Waals surface area contributed by atoms with Gasteiger partial charge in [-0.15, -0.1) is 0 Å². The van der Waals surface area contributed by atoms with Crippen LogP contribution in [0.3, 0.4) is 0 Å². The molecule has 0 radical (unpaired) electrons. The number of benzene rings is 1. The van der Waals surface area contributed by atoms with Gasteiger partial charge in [0, 0.05) is 17.5 Å². The summed E-state index contributed by atoms with van der Waals surface area (Å²) in [7, 11) is 0. The second-order valence-corrected chi connectivity index (χ2v) is 4.40. The van der Waals surface area contributed by atoms with Crippen molar-refractivity contribution in [1.82, 2.24) is 0 Å². The van der Waals surface area contributed by atoms with E-state index in [4.69, 9.17) is 17.3 Å². The van der Waals surface area contributed by atoms with Crippen LogP contribution in [0.25, 0.3) is 0 Å². The van der Waals surface area contributed by atoms with Crippen LogP contribution in [0.4, 0.5) is 0 Å². The van der Waals surface area contributed by atoms with Crippen molar-refractivity contribution in [2.45, 2.75) is 26.8 Å². The first-order chi connectivity index (χ1) is 6.93. The van der Waals surface area contributed by atoms with Crippen molar-refractivity contribution >= 4 is 17.4 Å². The number of carbonyl (C=O) groups is 1. The van der Waals surface area contributed by atoms with Crippen LogP contribution in [0, 0.1) is 12.8 Å². The minimum atomic E-state index is -0.204. The van der Waals surface area contributed by atoms with E-state index in [-0.39, 0.29) is 17.7 Å². The van der Waals surface area contributed by atoms with Crippen molar-refractivity contribution in [3.63, 3.8) is 0 Å². The number of carbonyl (C=O) groups excluding carboxylic acids is 1. The zero-order valence-corrected chi connectivity index (χ0v) is 10.0. The Morgan fingerprint density at radius 1 is 1.40 bits per heavy atom. The first-order valence-electron chi connectivity index (χ1n) is 4.99. The maximum atomic E-state index is 12.0. The first kappa shape index (κ1) is 12.2.